The lowest BCUT2D eigenvalue weighted by atomic mass is 9.75. The molecule has 0 aromatic heterocycles. The molecule has 12 heavy (non-hydrogen) atoms. The van der Waals surface area contributed by atoms with Gasteiger partial charge in [-0.1, -0.05) is 0 Å². The molecule has 0 aromatic rings. The van der Waals surface area contributed by atoms with E-state index in [1.165, 1.54) is 0 Å². The average molecular weight is 167 g/mol. The van der Waals surface area contributed by atoms with E-state index in [0.29, 0.717) is 0 Å². The van der Waals surface area contributed by atoms with E-state index in [1.807, 2.05) is 0 Å². The number of ketones is 1. The molecule has 1 fully saturated rings. The molecule has 0 aliphatic heterocycles. The fraction of sp³-hybridized carbons (Fsp3) is 0.625. The summed E-state index contributed by atoms with van der Waals surface area (Å²) in [4.78, 5) is 21.5. The lowest BCUT2D eigenvalue weighted by molar-refractivity contribution is -0.147. The summed E-state index contributed by atoms with van der Waals surface area (Å²) in [5.74, 6) is -1.04. The molecule has 0 aromatic carbocycles. The Morgan fingerprint density at radius 2 is 2.00 bits per heavy atom. The molecule has 1 N–H and O–H groups in total. The maximum Gasteiger partial charge on any atom is 0.324 e. The Kier molecular flexibility index (Phi) is 2.13. The second-order valence-electron chi connectivity index (χ2n) is 3.04. The van der Waals surface area contributed by atoms with Crippen molar-refractivity contribution in [3.8, 4) is 6.07 Å². The number of carbonyl (C=O) groups is 2. The fourth-order valence-corrected chi connectivity index (χ4v) is 1.33. The van der Waals surface area contributed by atoms with Gasteiger partial charge in [-0.2, -0.15) is 5.26 Å². The standard InChI is InChI=1S/C8H9NO3/c9-5-8(7(11)12)3-1-6(10)2-4-8/h1-4H2,(H,11,12). The van der Waals surface area contributed by atoms with E-state index in [1.54, 1.807) is 6.07 Å². The highest BCUT2D eigenvalue weighted by Gasteiger charge is 2.41. The number of hydrogen-bond donors (Lipinski definition) is 1. The normalized spacial score (nSPS) is 21.4. The van der Waals surface area contributed by atoms with Gasteiger partial charge in [0.15, 0.2) is 5.41 Å². The minimum atomic E-state index is -1.30. The predicted molar refractivity (Wildman–Crippen MR) is 39.2 cm³/mol. The molecule has 1 aliphatic rings. The number of hydrogen-bond acceptors (Lipinski definition) is 3. The maximum atomic E-state index is 10.8. The summed E-state index contributed by atoms with van der Waals surface area (Å²) in [6, 6.07) is 1.79. The summed E-state index contributed by atoms with van der Waals surface area (Å²) in [6.45, 7) is 0. The average Bonchev–Trinajstić information content (AvgIpc) is 2.06. The van der Waals surface area contributed by atoms with Gasteiger partial charge in [0.1, 0.15) is 5.78 Å². The van der Waals surface area contributed by atoms with Crippen LogP contribution in [-0.4, -0.2) is 16.9 Å². The summed E-state index contributed by atoms with van der Waals surface area (Å²) in [7, 11) is 0. The first-order valence-electron chi connectivity index (χ1n) is 3.77. The van der Waals surface area contributed by atoms with Crippen molar-refractivity contribution < 1.29 is 14.7 Å². The van der Waals surface area contributed by atoms with E-state index in [0.717, 1.165) is 0 Å². The molecular weight excluding hydrogens is 158 g/mol. The van der Waals surface area contributed by atoms with Gasteiger partial charge in [0.25, 0.3) is 0 Å². The molecule has 1 saturated carbocycles. The number of nitriles is 1. The van der Waals surface area contributed by atoms with E-state index in [-0.39, 0.29) is 31.5 Å². The van der Waals surface area contributed by atoms with Crippen LogP contribution in [0.3, 0.4) is 0 Å². The van der Waals surface area contributed by atoms with Gasteiger partial charge in [-0.15, -0.1) is 0 Å². The molecule has 64 valence electrons. The Bertz CT molecular complexity index is 254. The van der Waals surface area contributed by atoms with Crippen LogP contribution in [0, 0.1) is 16.7 Å². The van der Waals surface area contributed by atoms with Crippen molar-refractivity contribution in [3.63, 3.8) is 0 Å². The van der Waals surface area contributed by atoms with Gasteiger partial charge in [-0.3, -0.25) is 9.59 Å². The van der Waals surface area contributed by atoms with Crippen LogP contribution in [-0.2, 0) is 9.59 Å². The molecule has 0 spiro atoms. The van der Waals surface area contributed by atoms with Crippen molar-refractivity contribution in [2.24, 2.45) is 5.41 Å². The van der Waals surface area contributed by atoms with Crippen molar-refractivity contribution in [1.82, 2.24) is 0 Å². The van der Waals surface area contributed by atoms with Crippen LogP contribution < -0.4 is 0 Å². The number of rotatable bonds is 1. The molecule has 4 nitrogen and oxygen atoms in total. The fourth-order valence-electron chi connectivity index (χ4n) is 1.33. The lowest BCUT2D eigenvalue weighted by Crippen LogP contribution is -2.34. The molecular formula is C8H9NO3. The Morgan fingerprint density at radius 3 is 2.33 bits per heavy atom. The van der Waals surface area contributed by atoms with E-state index < -0.39 is 11.4 Å². The smallest absolute Gasteiger partial charge is 0.324 e. The Balaban J connectivity index is 2.78. The molecule has 0 radical (unpaired) electrons. The van der Waals surface area contributed by atoms with Crippen LogP contribution in [0.25, 0.3) is 0 Å². The third kappa shape index (κ3) is 1.30. The zero-order chi connectivity index (χ0) is 9.19. The molecule has 0 unspecified atom stereocenters. The zero-order valence-electron chi connectivity index (χ0n) is 6.54. The Labute approximate surface area is 69.8 Å². The van der Waals surface area contributed by atoms with Gasteiger partial charge in [0, 0.05) is 12.8 Å². The number of carbonyl (C=O) groups excluding carboxylic acids is 1. The van der Waals surface area contributed by atoms with Crippen LogP contribution in [0.5, 0.6) is 0 Å². The SMILES string of the molecule is N#CC1(C(=O)O)CCC(=O)CC1. The molecule has 0 amide bonds. The van der Waals surface area contributed by atoms with Crippen molar-refractivity contribution in [2.75, 3.05) is 0 Å². The molecule has 4 heteroatoms. The molecule has 0 heterocycles. The van der Waals surface area contributed by atoms with Crippen LogP contribution in [0.15, 0.2) is 0 Å². The molecule has 0 bridgehead atoms. The minimum absolute atomic E-state index is 0.0575. The first-order valence-corrected chi connectivity index (χ1v) is 3.77. The van der Waals surface area contributed by atoms with E-state index in [4.69, 9.17) is 10.4 Å². The quantitative estimate of drug-likeness (QED) is 0.624. The number of aliphatic carboxylic acids is 1. The van der Waals surface area contributed by atoms with Gasteiger partial charge < -0.3 is 5.11 Å². The Morgan fingerprint density at radius 1 is 1.50 bits per heavy atom. The summed E-state index contributed by atoms with van der Waals surface area (Å²) in [6.07, 6.45) is 0.773. The third-order valence-corrected chi connectivity index (χ3v) is 2.28. The number of Topliss-reactive ketones (excluding diaryl/α,β-unsaturated/α-hetero) is 1. The third-order valence-electron chi connectivity index (χ3n) is 2.28. The topological polar surface area (TPSA) is 78.2 Å². The summed E-state index contributed by atoms with van der Waals surface area (Å²) in [5, 5.41) is 17.4. The van der Waals surface area contributed by atoms with Crippen LogP contribution in [0.1, 0.15) is 25.7 Å². The maximum absolute atomic E-state index is 10.8. The first-order chi connectivity index (χ1) is 5.60. The van der Waals surface area contributed by atoms with Crippen molar-refractivity contribution in [3.05, 3.63) is 0 Å². The van der Waals surface area contributed by atoms with E-state index in [2.05, 4.69) is 0 Å². The summed E-state index contributed by atoms with van der Waals surface area (Å²) < 4.78 is 0. The highest BCUT2D eigenvalue weighted by molar-refractivity contribution is 5.85. The summed E-state index contributed by atoms with van der Waals surface area (Å²) >= 11 is 0. The Hall–Kier alpha value is -1.37. The van der Waals surface area contributed by atoms with Gasteiger partial charge >= 0.3 is 5.97 Å². The molecule has 0 saturated heterocycles. The van der Waals surface area contributed by atoms with E-state index >= 15 is 0 Å². The minimum Gasteiger partial charge on any atom is -0.480 e. The van der Waals surface area contributed by atoms with E-state index in [9.17, 15) is 9.59 Å². The number of nitrogens with zero attached hydrogens (tertiary/aromatic N) is 1. The van der Waals surface area contributed by atoms with Gasteiger partial charge in [0.2, 0.25) is 0 Å². The van der Waals surface area contributed by atoms with Crippen LogP contribution in [0.2, 0.25) is 0 Å². The highest BCUT2D eigenvalue weighted by Crippen LogP contribution is 2.34. The molecule has 1 aliphatic carbocycles. The van der Waals surface area contributed by atoms with Gasteiger partial charge in [-0.25, -0.2) is 0 Å². The zero-order valence-corrected chi connectivity index (χ0v) is 6.54. The number of carboxylic acids is 1. The van der Waals surface area contributed by atoms with Crippen LogP contribution >= 0.6 is 0 Å². The van der Waals surface area contributed by atoms with Crippen molar-refractivity contribution in [1.29, 1.82) is 5.26 Å². The predicted octanol–water partition coefficient (Wildman–Crippen LogP) is 0.724. The highest BCUT2D eigenvalue weighted by atomic mass is 16.4. The first kappa shape index (κ1) is 8.72. The largest absolute Gasteiger partial charge is 0.480 e. The lowest BCUT2D eigenvalue weighted by Gasteiger charge is -2.24. The van der Waals surface area contributed by atoms with Gasteiger partial charge in [0.05, 0.1) is 6.07 Å². The monoisotopic (exact) mass is 167 g/mol. The second kappa shape index (κ2) is 2.94. The second-order valence-corrected chi connectivity index (χ2v) is 3.04. The number of carboxylic acid groups (broad SMARTS) is 1. The molecule has 0 atom stereocenters. The van der Waals surface area contributed by atoms with Crippen molar-refractivity contribution in [2.45, 2.75) is 25.7 Å². The van der Waals surface area contributed by atoms with Crippen molar-refractivity contribution >= 4 is 11.8 Å². The summed E-state index contributed by atoms with van der Waals surface area (Å²) in [5.41, 5.74) is -1.30. The van der Waals surface area contributed by atoms with Gasteiger partial charge in [-0.05, 0) is 12.8 Å². The van der Waals surface area contributed by atoms with Crippen LogP contribution in [0.4, 0.5) is 0 Å². The molecule has 1 rings (SSSR count).